The van der Waals surface area contributed by atoms with Crippen molar-refractivity contribution >= 4 is 11.6 Å². The normalized spacial score (nSPS) is 14.8. The molecule has 1 aliphatic heterocycles. The number of aryl methyl sites for hydroxylation is 1. The Labute approximate surface area is 140 Å². The van der Waals surface area contributed by atoms with Gasteiger partial charge in [0.25, 0.3) is 5.91 Å². The number of carbonyl (C=O) groups excluding carboxylic acids is 1. The van der Waals surface area contributed by atoms with Gasteiger partial charge in [-0.15, -0.1) is 0 Å². The summed E-state index contributed by atoms with van der Waals surface area (Å²) < 4.78 is 26.8. The van der Waals surface area contributed by atoms with Crippen molar-refractivity contribution in [3.63, 3.8) is 0 Å². The lowest BCUT2D eigenvalue weighted by Crippen LogP contribution is -2.49. The summed E-state index contributed by atoms with van der Waals surface area (Å²) in [7, 11) is 0. The molecule has 0 atom stereocenters. The van der Waals surface area contributed by atoms with Crippen molar-refractivity contribution < 1.29 is 13.6 Å². The second kappa shape index (κ2) is 6.59. The van der Waals surface area contributed by atoms with Gasteiger partial charge >= 0.3 is 0 Å². The Kier molecular flexibility index (Phi) is 4.51. The van der Waals surface area contributed by atoms with E-state index in [1.165, 1.54) is 22.9 Å². The second-order valence-corrected chi connectivity index (χ2v) is 6.12. The molecule has 1 aliphatic rings. The monoisotopic (exact) mass is 330 g/mol. The van der Waals surface area contributed by atoms with Crippen molar-refractivity contribution in [1.29, 1.82) is 0 Å². The lowest BCUT2D eigenvalue weighted by atomic mass is 10.1. The molecule has 1 fully saturated rings. The van der Waals surface area contributed by atoms with Gasteiger partial charge in [-0.3, -0.25) is 4.79 Å². The van der Waals surface area contributed by atoms with Gasteiger partial charge in [-0.1, -0.05) is 12.1 Å². The number of nitrogens with zero attached hydrogens (tertiary/aromatic N) is 2. The summed E-state index contributed by atoms with van der Waals surface area (Å²) in [5.41, 5.74) is 3.58. The van der Waals surface area contributed by atoms with E-state index >= 15 is 0 Å². The fourth-order valence-corrected chi connectivity index (χ4v) is 3.06. The Morgan fingerprint density at radius 1 is 1.00 bits per heavy atom. The number of anilines is 1. The summed E-state index contributed by atoms with van der Waals surface area (Å²) in [6.45, 7) is 6.59. The van der Waals surface area contributed by atoms with Crippen molar-refractivity contribution in [2.75, 3.05) is 31.1 Å². The van der Waals surface area contributed by atoms with E-state index in [4.69, 9.17) is 0 Å². The molecule has 0 N–H and O–H groups in total. The van der Waals surface area contributed by atoms with Gasteiger partial charge in [-0.2, -0.15) is 0 Å². The molecule has 0 spiro atoms. The SMILES string of the molecule is Cc1cccc(N2CCN(C(=O)c3ccc(F)cc3F)CC2)c1C. The van der Waals surface area contributed by atoms with Gasteiger partial charge in [0, 0.05) is 37.9 Å². The molecule has 24 heavy (non-hydrogen) atoms. The first-order valence-electron chi connectivity index (χ1n) is 8.03. The first-order chi connectivity index (χ1) is 11.5. The van der Waals surface area contributed by atoms with Crippen LogP contribution in [0.3, 0.4) is 0 Å². The van der Waals surface area contributed by atoms with Crippen LogP contribution in [0.2, 0.25) is 0 Å². The number of benzene rings is 2. The van der Waals surface area contributed by atoms with Gasteiger partial charge in [-0.25, -0.2) is 8.78 Å². The Bertz CT molecular complexity index is 768. The molecule has 0 bridgehead atoms. The van der Waals surface area contributed by atoms with Crippen LogP contribution < -0.4 is 4.90 Å². The Hall–Kier alpha value is -2.43. The second-order valence-electron chi connectivity index (χ2n) is 6.12. The average molecular weight is 330 g/mol. The minimum atomic E-state index is -0.808. The van der Waals surface area contributed by atoms with E-state index in [-0.39, 0.29) is 11.5 Å². The van der Waals surface area contributed by atoms with Gasteiger partial charge in [0.1, 0.15) is 11.6 Å². The van der Waals surface area contributed by atoms with Crippen LogP contribution >= 0.6 is 0 Å². The van der Waals surface area contributed by atoms with E-state index in [2.05, 4.69) is 30.9 Å². The fraction of sp³-hybridized carbons (Fsp3) is 0.316. The Morgan fingerprint density at radius 2 is 1.71 bits per heavy atom. The average Bonchev–Trinajstić information content (AvgIpc) is 2.57. The molecule has 3 rings (SSSR count). The maximum absolute atomic E-state index is 13.8. The van der Waals surface area contributed by atoms with Crippen LogP contribution in [0.5, 0.6) is 0 Å². The molecule has 1 amide bonds. The van der Waals surface area contributed by atoms with E-state index in [1.54, 1.807) is 4.90 Å². The summed E-state index contributed by atoms with van der Waals surface area (Å²) in [4.78, 5) is 16.3. The lowest BCUT2D eigenvalue weighted by molar-refractivity contribution is 0.0742. The number of piperazine rings is 1. The maximum Gasteiger partial charge on any atom is 0.256 e. The minimum Gasteiger partial charge on any atom is -0.368 e. The largest absolute Gasteiger partial charge is 0.368 e. The summed E-state index contributed by atoms with van der Waals surface area (Å²) in [6.07, 6.45) is 0. The van der Waals surface area contributed by atoms with Gasteiger partial charge < -0.3 is 9.80 Å². The third kappa shape index (κ3) is 3.11. The Balaban J connectivity index is 1.71. The quantitative estimate of drug-likeness (QED) is 0.841. The molecule has 0 radical (unpaired) electrons. The molecule has 2 aromatic carbocycles. The first kappa shape index (κ1) is 16.4. The molecule has 2 aromatic rings. The zero-order valence-electron chi connectivity index (χ0n) is 13.9. The van der Waals surface area contributed by atoms with Crippen LogP contribution in [-0.4, -0.2) is 37.0 Å². The highest BCUT2D eigenvalue weighted by atomic mass is 19.1. The van der Waals surface area contributed by atoms with E-state index in [1.807, 2.05) is 6.07 Å². The maximum atomic E-state index is 13.8. The molecule has 3 nitrogen and oxygen atoms in total. The highest BCUT2D eigenvalue weighted by Crippen LogP contribution is 2.24. The van der Waals surface area contributed by atoms with Crippen LogP contribution in [-0.2, 0) is 0 Å². The molecule has 0 aliphatic carbocycles. The van der Waals surface area contributed by atoms with Crippen LogP contribution in [0.1, 0.15) is 21.5 Å². The highest BCUT2D eigenvalue weighted by Gasteiger charge is 2.25. The summed E-state index contributed by atoms with van der Waals surface area (Å²) in [5.74, 6) is -1.87. The third-order valence-corrected chi connectivity index (χ3v) is 4.65. The summed E-state index contributed by atoms with van der Waals surface area (Å²) in [6, 6.07) is 9.27. The number of carbonyl (C=O) groups is 1. The number of hydrogen-bond acceptors (Lipinski definition) is 2. The topological polar surface area (TPSA) is 23.6 Å². The zero-order valence-corrected chi connectivity index (χ0v) is 13.9. The molecule has 126 valence electrons. The predicted octanol–water partition coefficient (Wildman–Crippen LogP) is 3.54. The van der Waals surface area contributed by atoms with Crippen molar-refractivity contribution in [2.24, 2.45) is 0 Å². The van der Waals surface area contributed by atoms with Crippen molar-refractivity contribution in [3.05, 3.63) is 64.7 Å². The lowest BCUT2D eigenvalue weighted by Gasteiger charge is -2.37. The number of rotatable bonds is 2. The van der Waals surface area contributed by atoms with E-state index in [0.29, 0.717) is 26.2 Å². The highest BCUT2D eigenvalue weighted by molar-refractivity contribution is 5.94. The summed E-state index contributed by atoms with van der Waals surface area (Å²) in [5, 5.41) is 0. The first-order valence-corrected chi connectivity index (χ1v) is 8.03. The molecule has 0 saturated carbocycles. The fourth-order valence-electron chi connectivity index (χ4n) is 3.06. The Morgan fingerprint density at radius 3 is 2.38 bits per heavy atom. The smallest absolute Gasteiger partial charge is 0.256 e. The summed E-state index contributed by atoms with van der Waals surface area (Å²) >= 11 is 0. The van der Waals surface area contributed by atoms with Crippen molar-refractivity contribution in [3.8, 4) is 0 Å². The number of hydrogen-bond donors (Lipinski definition) is 0. The number of halogens is 2. The van der Waals surface area contributed by atoms with Gasteiger partial charge in [0.2, 0.25) is 0 Å². The van der Waals surface area contributed by atoms with Gasteiger partial charge in [0.15, 0.2) is 0 Å². The van der Waals surface area contributed by atoms with Gasteiger partial charge in [0.05, 0.1) is 5.56 Å². The molecular formula is C19H20F2N2O. The standard InChI is InChI=1S/C19H20F2N2O/c1-13-4-3-5-18(14(13)2)22-8-10-23(11-9-22)19(24)16-7-6-15(20)12-17(16)21/h3-7,12H,8-11H2,1-2H3. The zero-order chi connectivity index (χ0) is 17.3. The van der Waals surface area contributed by atoms with Crippen LogP contribution in [0.25, 0.3) is 0 Å². The molecule has 0 aromatic heterocycles. The molecule has 0 unspecified atom stereocenters. The molecule has 5 heteroatoms. The van der Waals surface area contributed by atoms with Crippen LogP contribution in [0.4, 0.5) is 14.5 Å². The minimum absolute atomic E-state index is 0.0726. The third-order valence-electron chi connectivity index (χ3n) is 4.65. The number of amides is 1. The van der Waals surface area contributed by atoms with Crippen LogP contribution in [0.15, 0.2) is 36.4 Å². The van der Waals surface area contributed by atoms with Gasteiger partial charge in [-0.05, 0) is 43.2 Å². The van der Waals surface area contributed by atoms with E-state index < -0.39 is 11.6 Å². The van der Waals surface area contributed by atoms with Crippen molar-refractivity contribution in [1.82, 2.24) is 4.90 Å². The molecule has 1 saturated heterocycles. The van der Waals surface area contributed by atoms with Crippen LogP contribution in [0, 0.1) is 25.5 Å². The predicted molar refractivity (Wildman–Crippen MR) is 90.4 cm³/mol. The van der Waals surface area contributed by atoms with E-state index in [9.17, 15) is 13.6 Å². The van der Waals surface area contributed by atoms with E-state index in [0.717, 1.165) is 12.1 Å². The molecule has 1 heterocycles. The van der Waals surface area contributed by atoms with Crippen molar-refractivity contribution in [2.45, 2.75) is 13.8 Å². The molecular weight excluding hydrogens is 310 g/mol.